The third-order valence-corrected chi connectivity index (χ3v) is 4.39. The molecular weight excluding hydrogens is 246 g/mol. The molecular formula is C13H17N3O3. The van der Waals surface area contributed by atoms with E-state index in [1.807, 2.05) is 0 Å². The average Bonchev–Trinajstić information content (AvgIpc) is 3.03. The number of carbonyl (C=O) groups excluding carboxylic acids is 1. The molecule has 6 nitrogen and oxygen atoms in total. The average molecular weight is 263 g/mol. The van der Waals surface area contributed by atoms with Crippen molar-refractivity contribution in [3.63, 3.8) is 0 Å². The van der Waals surface area contributed by atoms with E-state index in [1.54, 1.807) is 18.5 Å². The maximum Gasteiger partial charge on any atom is 0.308 e. The molecule has 4 atom stereocenters. The minimum absolute atomic E-state index is 0.146. The molecule has 2 N–H and O–H groups in total. The number of hydrogen-bond acceptors (Lipinski definition) is 3. The predicted molar refractivity (Wildman–Crippen MR) is 66.1 cm³/mol. The van der Waals surface area contributed by atoms with E-state index in [2.05, 4.69) is 10.4 Å². The number of amides is 1. The van der Waals surface area contributed by atoms with Crippen molar-refractivity contribution < 1.29 is 14.7 Å². The molecule has 1 amide bonds. The number of aromatic nitrogens is 2. The first kappa shape index (κ1) is 12.2. The second-order valence-corrected chi connectivity index (χ2v) is 5.49. The molecule has 0 saturated heterocycles. The molecule has 0 spiro atoms. The van der Waals surface area contributed by atoms with Crippen molar-refractivity contribution in [1.82, 2.24) is 15.1 Å². The van der Waals surface area contributed by atoms with E-state index in [0.717, 1.165) is 19.3 Å². The monoisotopic (exact) mass is 263 g/mol. The Kier molecular flexibility index (Phi) is 3.00. The van der Waals surface area contributed by atoms with E-state index in [-0.39, 0.29) is 24.4 Å². The van der Waals surface area contributed by atoms with Crippen LogP contribution in [0, 0.1) is 17.8 Å². The summed E-state index contributed by atoms with van der Waals surface area (Å²) in [4.78, 5) is 23.3. The Balaban J connectivity index is 1.65. The van der Waals surface area contributed by atoms with Gasteiger partial charge in [0.25, 0.3) is 0 Å². The zero-order valence-corrected chi connectivity index (χ0v) is 10.5. The molecule has 19 heavy (non-hydrogen) atoms. The van der Waals surface area contributed by atoms with Crippen LogP contribution in [0.3, 0.4) is 0 Å². The van der Waals surface area contributed by atoms with Gasteiger partial charge in [0.2, 0.25) is 5.91 Å². The highest BCUT2D eigenvalue weighted by Gasteiger charge is 2.51. The number of aliphatic carboxylic acids is 1. The topological polar surface area (TPSA) is 84.2 Å². The van der Waals surface area contributed by atoms with E-state index in [0.29, 0.717) is 5.92 Å². The number of fused-ring (bicyclic) bond motifs is 2. The first-order chi connectivity index (χ1) is 9.15. The van der Waals surface area contributed by atoms with Crippen molar-refractivity contribution in [3.05, 3.63) is 18.5 Å². The Bertz CT molecular complexity index is 485. The molecule has 2 bridgehead atoms. The van der Waals surface area contributed by atoms with Gasteiger partial charge < -0.3 is 10.4 Å². The maximum absolute atomic E-state index is 11.9. The number of carboxylic acid groups (broad SMARTS) is 1. The normalized spacial score (nSPS) is 32.4. The fourth-order valence-electron chi connectivity index (χ4n) is 3.63. The van der Waals surface area contributed by atoms with Crippen LogP contribution in [0.2, 0.25) is 0 Å². The minimum Gasteiger partial charge on any atom is -0.481 e. The van der Waals surface area contributed by atoms with Crippen LogP contribution in [0.15, 0.2) is 18.5 Å². The van der Waals surface area contributed by atoms with Gasteiger partial charge in [-0.05, 0) is 37.2 Å². The summed E-state index contributed by atoms with van der Waals surface area (Å²) in [6.45, 7) is 0.146. The fourth-order valence-corrected chi connectivity index (χ4v) is 3.63. The van der Waals surface area contributed by atoms with E-state index < -0.39 is 11.9 Å². The van der Waals surface area contributed by atoms with Crippen LogP contribution < -0.4 is 5.32 Å². The van der Waals surface area contributed by atoms with E-state index in [1.165, 1.54) is 4.68 Å². The van der Waals surface area contributed by atoms with Crippen molar-refractivity contribution in [2.75, 3.05) is 0 Å². The van der Waals surface area contributed by atoms with Crippen LogP contribution in [0.5, 0.6) is 0 Å². The van der Waals surface area contributed by atoms with Crippen molar-refractivity contribution in [1.29, 1.82) is 0 Å². The van der Waals surface area contributed by atoms with Gasteiger partial charge >= 0.3 is 5.97 Å². The summed E-state index contributed by atoms with van der Waals surface area (Å²) >= 11 is 0. The number of nitrogens with zero attached hydrogens (tertiary/aromatic N) is 2. The summed E-state index contributed by atoms with van der Waals surface area (Å²) in [7, 11) is 0. The van der Waals surface area contributed by atoms with Gasteiger partial charge in [0.15, 0.2) is 0 Å². The molecule has 2 fully saturated rings. The third kappa shape index (κ3) is 2.22. The van der Waals surface area contributed by atoms with Crippen molar-refractivity contribution in [3.8, 4) is 0 Å². The lowest BCUT2D eigenvalue weighted by Gasteiger charge is -2.28. The quantitative estimate of drug-likeness (QED) is 0.828. The predicted octanol–water partition coefficient (Wildman–Crippen LogP) is 0.499. The van der Waals surface area contributed by atoms with Gasteiger partial charge in [-0.2, -0.15) is 5.10 Å². The molecule has 2 aliphatic carbocycles. The maximum atomic E-state index is 11.9. The Hall–Kier alpha value is -1.85. The van der Waals surface area contributed by atoms with E-state index >= 15 is 0 Å². The van der Waals surface area contributed by atoms with Crippen molar-refractivity contribution in [2.24, 2.45) is 17.8 Å². The van der Waals surface area contributed by atoms with Crippen LogP contribution >= 0.6 is 0 Å². The van der Waals surface area contributed by atoms with Crippen molar-refractivity contribution >= 4 is 11.9 Å². The molecule has 2 aliphatic rings. The Morgan fingerprint density at radius 2 is 2.16 bits per heavy atom. The standard InChI is InChI=1S/C13H17N3O3/c17-10(7-16-5-1-4-14-16)15-12-9-3-2-8(6-9)11(12)13(18)19/h1,4-5,8-9,11-12H,2-3,6-7H2,(H,15,17)(H,18,19). The second-order valence-electron chi connectivity index (χ2n) is 5.49. The Morgan fingerprint density at radius 1 is 1.37 bits per heavy atom. The highest BCUT2D eigenvalue weighted by molar-refractivity contribution is 5.78. The molecule has 4 unspecified atom stereocenters. The van der Waals surface area contributed by atoms with Crippen LogP contribution in [-0.4, -0.2) is 32.8 Å². The molecule has 1 heterocycles. The largest absolute Gasteiger partial charge is 0.481 e. The first-order valence-electron chi connectivity index (χ1n) is 6.65. The fraction of sp³-hybridized carbons (Fsp3) is 0.615. The highest BCUT2D eigenvalue weighted by Crippen LogP contribution is 2.48. The molecule has 3 rings (SSSR count). The smallest absolute Gasteiger partial charge is 0.308 e. The number of carboxylic acids is 1. The molecule has 1 aromatic rings. The molecule has 2 saturated carbocycles. The van der Waals surface area contributed by atoms with Gasteiger partial charge in [-0.25, -0.2) is 0 Å². The van der Waals surface area contributed by atoms with Gasteiger partial charge in [0, 0.05) is 18.4 Å². The second kappa shape index (κ2) is 4.68. The van der Waals surface area contributed by atoms with Gasteiger partial charge in [-0.3, -0.25) is 14.3 Å². The molecule has 0 aliphatic heterocycles. The zero-order chi connectivity index (χ0) is 13.4. The summed E-state index contributed by atoms with van der Waals surface area (Å²) in [6.07, 6.45) is 6.28. The number of rotatable bonds is 4. The lowest BCUT2D eigenvalue weighted by atomic mass is 9.84. The molecule has 0 radical (unpaired) electrons. The lowest BCUT2D eigenvalue weighted by molar-refractivity contribution is -0.144. The van der Waals surface area contributed by atoms with E-state index in [9.17, 15) is 14.7 Å². The first-order valence-corrected chi connectivity index (χ1v) is 6.65. The van der Waals surface area contributed by atoms with Gasteiger partial charge in [-0.15, -0.1) is 0 Å². The van der Waals surface area contributed by atoms with E-state index in [4.69, 9.17) is 0 Å². The van der Waals surface area contributed by atoms with Crippen LogP contribution in [0.25, 0.3) is 0 Å². The highest BCUT2D eigenvalue weighted by atomic mass is 16.4. The number of hydrogen-bond donors (Lipinski definition) is 2. The van der Waals surface area contributed by atoms with Crippen LogP contribution in [-0.2, 0) is 16.1 Å². The summed E-state index contributed by atoms with van der Waals surface area (Å²) in [5.41, 5.74) is 0. The summed E-state index contributed by atoms with van der Waals surface area (Å²) in [6, 6.07) is 1.55. The number of nitrogens with one attached hydrogen (secondary N) is 1. The summed E-state index contributed by atoms with van der Waals surface area (Å²) < 4.78 is 1.54. The van der Waals surface area contributed by atoms with Gasteiger partial charge in [0.05, 0.1) is 5.92 Å². The van der Waals surface area contributed by atoms with Gasteiger partial charge in [-0.1, -0.05) is 0 Å². The van der Waals surface area contributed by atoms with Crippen LogP contribution in [0.1, 0.15) is 19.3 Å². The molecule has 1 aromatic heterocycles. The zero-order valence-electron chi connectivity index (χ0n) is 10.5. The molecule has 0 aromatic carbocycles. The summed E-state index contributed by atoms with van der Waals surface area (Å²) in [5, 5.41) is 16.2. The Morgan fingerprint density at radius 3 is 2.84 bits per heavy atom. The third-order valence-electron chi connectivity index (χ3n) is 4.39. The Labute approximate surface area is 110 Å². The number of carbonyl (C=O) groups is 2. The minimum atomic E-state index is -0.781. The lowest BCUT2D eigenvalue weighted by Crippen LogP contribution is -2.47. The summed E-state index contributed by atoms with van der Waals surface area (Å²) in [5.74, 6) is -0.797. The van der Waals surface area contributed by atoms with Crippen LogP contribution in [0.4, 0.5) is 0 Å². The molecule has 6 heteroatoms. The molecule has 102 valence electrons. The van der Waals surface area contributed by atoms with Gasteiger partial charge in [0.1, 0.15) is 6.54 Å². The van der Waals surface area contributed by atoms with Crippen molar-refractivity contribution in [2.45, 2.75) is 31.8 Å². The SMILES string of the molecule is O=C(Cn1cccn1)NC1C2CCC(C2)C1C(=O)O.